The molecular weight excluding hydrogens is 234 g/mol. The van der Waals surface area contributed by atoms with Crippen LogP contribution in [0.15, 0.2) is 0 Å². The Morgan fingerprint density at radius 1 is 1.17 bits per heavy atom. The highest BCUT2D eigenvalue weighted by atomic mass is 16.4. The molecule has 0 saturated heterocycles. The predicted octanol–water partition coefficient (Wildman–Crippen LogP) is 0.964. The first kappa shape index (κ1) is 15.0. The minimum Gasteiger partial charge on any atom is -0.481 e. The molecule has 0 unspecified atom stereocenters. The Morgan fingerprint density at radius 3 is 2.22 bits per heavy atom. The van der Waals surface area contributed by atoms with Gasteiger partial charge in [-0.3, -0.25) is 9.59 Å². The Balaban J connectivity index is 2.43. The fourth-order valence-electron chi connectivity index (χ4n) is 2.54. The van der Waals surface area contributed by atoms with E-state index in [1.807, 2.05) is 13.8 Å². The molecule has 0 aliphatic heterocycles. The number of aliphatic carboxylic acids is 1. The molecule has 1 amide bonds. The second kappa shape index (κ2) is 5.69. The first-order valence-electron chi connectivity index (χ1n) is 6.42. The van der Waals surface area contributed by atoms with Crippen LogP contribution in [0.2, 0.25) is 0 Å². The molecule has 0 radical (unpaired) electrons. The number of nitrogens with zero attached hydrogens (tertiary/aromatic N) is 1. The molecule has 2 atom stereocenters. The largest absolute Gasteiger partial charge is 0.481 e. The number of aliphatic hydroxyl groups excluding tert-OH is 1. The van der Waals surface area contributed by atoms with E-state index in [-0.39, 0.29) is 12.5 Å². The molecule has 1 rings (SSSR count). The lowest BCUT2D eigenvalue weighted by Gasteiger charge is -2.17. The number of carboxylic acid groups (broad SMARTS) is 1. The Labute approximate surface area is 108 Å². The lowest BCUT2D eigenvalue weighted by atomic mass is 10.1. The van der Waals surface area contributed by atoms with Crippen LogP contribution < -0.4 is 0 Å². The minimum atomic E-state index is -0.882. The molecule has 0 aromatic carbocycles. The second-order valence-corrected chi connectivity index (χ2v) is 5.66. The zero-order valence-electron chi connectivity index (χ0n) is 11.3. The first-order chi connectivity index (χ1) is 8.34. The number of rotatable bonds is 7. The van der Waals surface area contributed by atoms with Crippen LogP contribution in [-0.4, -0.2) is 47.2 Å². The SMILES string of the molecule is CN(CCCCCO)C(=O)[C@H]1[C@@H](C(=O)O)C1(C)C. The number of carboxylic acids is 1. The van der Waals surface area contributed by atoms with Crippen molar-refractivity contribution in [2.24, 2.45) is 17.3 Å². The van der Waals surface area contributed by atoms with E-state index in [0.717, 1.165) is 19.3 Å². The molecule has 0 bridgehead atoms. The van der Waals surface area contributed by atoms with Gasteiger partial charge in [0.15, 0.2) is 0 Å². The highest BCUT2D eigenvalue weighted by molar-refractivity contribution is 5.91. The van der Waals surface area contributed by atoms with Crippen molar-refractivity contribution in [1.82, 2.24) is 4.90 Å². The lowest BCUT2D eigenvalue weighted by Crippen LogP contribution is -2.31. The van der Waals surface area contributed by atoms with Crippen LogP contribution in [-0.2, 0) is 9.59 Å². The quantitative estimate of drug-likeness (QED) is 0.666. The van der Waals surface area contributed by atoms with Crippen molar-refractivity contribution < 1.29 is 19.8 Å². The number of amides is 1. The maximum Gasteiger partial charge on any atom is 0.307 e. The second-order valence-electron chi connectivity index (χ2n) is 5.66. The van der Waals surface area contributed by atoms with Gasteiger partial charge in [0.1, 0.15) is 0 Å². The normalized spacial score (nSPS) is 24.7. The summed E-state index contributed by atoms with van der Waals surface area (Å²) in [6.45, 7) is 4.45. The van der Waals surface area contributed by atoms with Gasteiger partial charge in [0.25, 0.3) is 0 Å². The van der Waals surface area contributed by atoms with Gasteiger partial charge in [-0.2, -0.15) is 0 Å². The average molecular weight is 257 g/mol. The summed E-state index contributed by atoms with van der Waals surface area (Å²) in [5, 5.41) is 17.7. The zero-order chi connectivity index (χ0) is 13.9. The Morgan fingerprint density at radius 2 is 1.78 bits per heavy atom. The van der Waals surface area contributed by atoms with E-state index >= 15 is 0 Å². The van der Waals surface area contributed by atoms with Crippen LogP contribution in [0.5, 0.6) is 0 Å². The van der Waals surface area contributed by atoms with E-state index in [9.17, 15) is 9.59 Å². The zero-order valence-corrected chi connectivity index (χ0v) is 11.3. The number of unbranched alkanes of at least 4 members (excludes halogenated alkanes) is 2. The summed E-state index contributed by atoms with van der Waals surface area (Å²) in [5.41, 5.74) is -0.428. The third-order valence-electron chi connectivity index (χ3n) is 3.89. The van der Waals surface area contributed by atoms with Crippen LogP contribution in [0, 0.1) is 17.3 Å². The molecule has 0 spiro atoms. The fraction of sp³-hybridized carbons (Fsp3) is 0.846. The van der Waals surface area contributed by atoms with E-state index in [0.29, 0.717) is 6.54 Å². The molecule has 0 heterocycles. The first-order valence-corrected chi connectivity index (χ1v) is 6.42. The molecule has 0 aromatic heterocycles. The Bertz CT molecular complexity index is 327. The van der Waals surface area contributed by atoms with Gasteiger partial charge in [-0.1, -0.05) is 13.8 Å². The molecule has 5 heteroatoms. The van der Waals surface area contributed by atoms with E-state index in [1.165, 1.54) is 0 Å². The van der Waals surface area contributed by atoms with Crippen molar-refractivity contribution in [3.8, 4) is 0 Å². The molecule has 18 heavy (non-hydrogen) atoms. The van der Waals surface area contributed by atoms with Gasteiger partial charge in [0.05, 0.1) is 11.8 Å². The van der Waals surface area contributed by atoms with Crippen LogP contribution >= 0.6 is 0 Å². The van der Waals surface area contributed by atoms with E-state index in [2.05, 4.69) is 0 Å². The number of hydrogen-bond acceptors (Lipinski definition) is 3. The van der Waals surface area contributed by atoms with Crippen LogP contribution in [0.4, 0.5) is 0 Å². The molecular formula is C13H23NO4. The van der Waals surface area contributed by atoms with Crippen LogP contribution in [0.25, 0.3) is 0 Å². The minimum absolute atomic E-state index is 0.0728. The van der Waals surface area contributed by atoms with Gasteiger partial charge < -0.3 is 15.1 Å². The van der Waals surface area contributed by atoms with Gasteiger partial charge in [0.2, 0.25) is 5.91 Å². The van der Waals surface area contributed by atoms with Gasteiger partial charge in [-0.05, 0) is 24.7 Å². The van der Waals surface area contributed by atoms with Crippen molar-refractivity contribution >= 4 is 11.9 Å². The maximum absolute atomic E-state index is 12.1. The van der Waals surface area contributed by atoms with E-state index < -0.39 is 23.2 Å². The van der Waals surface area contributed by atoms with Crippen molar-refractivity contribution in [2.45, 2.75) is 33.1 Å². The van der Waals surface area contributed by atoms with Crippen LogP contribution in [0.3, 0.4) is 0 Å². The van der Waals surface area contributed by atoms with Crippen molar-refractivity contribution in [3.63, 3.8) is 0 Å². The van der Waals surface area contributed by atoms with Crippen molar-refractivity contribution in [1.29, 1.82) is 0 Å². The van der Waals surface area contributed by atoms with Gasteiger partial charge in [0, 0.05) is 20.2 Å². The summed E-state index contributed by atoms with van der Waals surface area (Å²) in [5.74, 6) is -1.90. The summed E-state index contributed by atoms with van der Waals surface area (Å²) in [7, 11) is 1.72. The maximum atomic E-state index is 12.1. The Hall–Kier alpha value is -1.10. The predicted molar refractivity (Wildman–Crippen MR) is 67.0 cm³/mol. The number of hydrogen-bond donors (Lipinski definition) is 2. The van der Waals surface area contributed by atoms with Gasteiger partial charge >= 0.3 is 5.97 Å². The van der Waals surface area contributed by atoms with Crippen LogP contribution in [0.1, 0.15) is 33.1 Å². The number of carbonyl (C=O) groups excluding carboxylic acids is 1. The standard InChI is InChI=1S/C13H23NO4/c1-13(2)9(10(13)12(17)18)11(16)14(3)7-5-4-6-8-15/h9-10,15H,4-8H2,1-3H3,(H,17,18)/t9-,10+/m1/s1. The summed E-state index contributed by atoms with van der Waals surface area (Å²) < 4.78 is 0. The number of carbonyl (C=O) groups is 2. The molecule has 5 nitrogen and oxygen atoms in total. The third kappa shape index (κ3) is 3.02. The highest BCUT2D eigenvalue weighted by Gasteiger charge is 2.66. The molecule has 0 aromatic rings. The average Bonchev–Trinajstić information content (AvgIpc) is 2.86. The van der Waals surface area contributed by atoms with Crippen molar-refractivity contribution in [2.75, 3.05) is 20.2 Å². The molecule has 1 fully saturated rings. The molecule has 104 valence electrons. The summed E-state index contributed by atoms with van der Waals surface area (Å²) in [6, 6.07) is 0. The van der Waals surface area contributed by atoms with E-state index in [1.54, 1.807) is 11.9 Å². The smallest absolute Gasteiger partial charge is 0.307 e. The highest BCUT2D eigenvalue weighted by Crippen LogP contribution is 2.58. The fourth-order valence-corrected chi connectivity index (χ4v) is 2.54. The lowest BCUT2D eigenvalue weighted by molar-refractivity contribution is -0.141. The third-order valence-corrected chi connectivity index (χ3v) is 3.89. The molecule has 1 aliphatic rings. The van der Waals surface area contributed by atoms with Gasteiger partial charge in [-0.15, -0.1) is 0 Å². The molecule has 2 N–H and O–H groups in total. The monoisotopic (exact) mass is 257 g/mol. The number of aliphatic hydroxyl groups is 1. The molecule has 1 aliphatic carbocycles. The Kier molecular flexibility index (Phi) is 4.73. The topological polar surface area (TPSA) is 77.8 Å². The molecule has 1 saturated carbocycles. The summed E-state index contributed by atoms with van der Waals surface area (Å²) >= 11 is 0. The van der Waals surface area contributed by atoms with Crippen molar-refractivity contribution in [3.05, 3.63) is 0 Å². The van der Waals surface area contributed by atoms with E-state index in [4.69, 9.17) is 10.2 Å². The van der Waals surface area contributed by atoms with Gasteiger partial charge in [-0.25, -0.2) is 0 Å². The summed E-state index contributed by atoms with van der Waals surface area (Å²) in [6.07, 6.45) is 2.47. The summed E-state index contributed by atoms with van der Waals surface area (Å²) in [4.78, 5) is 24.7.